The lowest BCUT2D eigenvalue weighted by molar-refractivity contribution is -0.126. The van der Waals surface area contributed by atoms with Gasteiger partial charge in [0.2, 0.25) is 5.91 Å². The number of hydrogen-bond acceptors (Lipinski definition) is 2. The summed E-state index contributed by atoms with van der Waals surface area (Å²) in [6, 6.07) is 9.75. The Morgan fingerprint density at radius 1 is 1.41 bits per heavy atom. The van der Waals surface area contributed by atoms with Crippen molar-refractivity contribution in [3.05, 3.63) is 35.9 Å². The predicted octanol–water partition coefficient (Wildman–Crippen LogP) is 1.99. The van der Waals surface area contributed by atoms with Crippen molar-refractivity contribution in [2.24, 2.45) is 11.1 Å². The van der Waals surface area contributed by atoms with Gasteiger partial charge in [-0.2, -0.15) is 0 Å². The number of rotatable bonds is 5. The van der Waals surface area contributed by atoms with E-state index in [2.05, 4.69) is 12.2 Å². The van der Waals surface area contributed by atoms with Gasteiger partial charge in [0.15, 0.2) is 0 Å². The highest BCUT2D eigenvalue weighted by Crippen LogP contribution is 2.48. The lowest BCUT2D eigenvalue weighted by Crippen LogP contribution is -2.36. The smallest absolute Gasteiger partial charge is 0.226 e. The third-order valence-electron chi connectivity index (χ3n) is 3.72. The molecule has 92 valence electrons. The van der Waals surface area contributed by atoms with Gasteiger partial charge in [0, 0.05) is 18.0 Å². The average Bonchev–Trinajstić information content (AvgIpc) is 3.17. The van der Waals surface area contributed by atoms with E-state index in [0.717, 1.165) is 24.8 Å². The molecule has 0 aromatic heterocycles. The Hall–Kier alpha value is -1.35. The lowest BCUT2D eigenvalue weighted by Gasteiger charge is -2.16. The lowest BCUT2D eigenvalue weighted by atomic mass is 10.0. The Morgan fingerprint density at radius 3 is 2.59 bits per heavy atom. The summed E-state index contributed by atoms with van der Waals surface area (Å²) in [4.78, 5) is 11.9. The predicted molar refractivity (Wildman–Crippen MR) is 68.3 cm³/mol. The van der Waals surface area contributed by atoms with E-state index in [1.165, 1.54) is 0 Å². The second-order valence-electron chi connectivity index (χ2n) is 4.86. The highest BCUT2D eigenvalue weighted by atomic mass is 16.2. The maximum absolute atomic E-state index is 11.9. The van der Waals surface area contributed by atoms with Gasteiger partial charge in [0.25, 0.3) is 0 Å². The maximum atomic E-state index is 11.9. The Kier molecular flexibility index (Phi) is 3.48. The molecule has 1 aliphatic rings. The van der Waals surface area contributed by atoms with Crippen molar-refractivity contribution in [3.8, 4) is 0 Å². The van der Waals surface area contributed by atoms with Crippen molar-refractivity contribution in [1.29, 1.82) is 0 Å². The van der Waals surface area contributed by atoms with Crippen LogP contribution in [0.1, 0.15) is 37.8 Å². The van der Waals surface area contributed by atoms with E-state index in [-0.39, 0.29) is 17.4 Å². The fourth-order valence-corrected chi connectivity index (χ4v) is 2.10. The van der Waals surface area contributed by atoms with Crippen LogP contribution in [0.3, 0.4) is 0 Å². The number of nitrogens with two attached hydrogens (primary N) is 1. The molecule has 0 aliphatic heterocycles. The van der Waals surface area contributed by atoms with Crippen LogP contribution in [0.4, 0.5) is 0 Å². The van der Waals surface area contributed by atoms with Gasteiger partial charge < -0.3 is 11.1 Å². The average molecular weight is 232 g/mol. The van der Waals surface area contributed by atoms with Gasteiger partial charge in [-0.3, -0.25) is 4.79 Å². The zero-order valence-corrected chi connectivity index (χ0v) is 10.3. The molecule has 1 unspecified atom stereocenters. The van der Waals surface area contributed by atoms with Crippen LogP contribution in [-0.4, -0.2) is 12.5 Å². The molecule has 17 heavy (non-hydrogen) atoms. The fourth-order valence-electron chi connectivity index (χ4n) is 2.10. The van der Waals surface area contributed by atoms with Crippen molar-refractivity contribution >= 4 is 5.91 Å². The number of benzene rings is 1. The fraction of sp³-hybridized carbons (Fsp3) is 0.500. The normalized spacial score (nSPS) is 18.5. The molecule has 1 fully saturated rings. The molecule has 1 amide bonds. The van der Waals surface area contributed by atoms with Crippen LogP contribution >= 0.6 is 0 Å². The molecule has 0 radical (unpaired) electrons. The minimum Gasteiger partial charge on any atom is -0.354 e. The van der Waals surface area contributed by atoms with Crippen molar-refractivity contribution in [1.82, 2.24) is 5.32 Å². The number of nitrogens with one attached hydrogen (secondary N) is 1. The van der Waals surface area contributed by atoms with E-state index < -0.39 is 0 Å². The summed E-state index contributed by atoms with van der Waals surface area (Å²) in [6.45, 7) is 2.59. The van der Waals surface area contributed by atoms with Crippen LogP contribution in [-0.2, 0) is 4.79 Å². The van der Waals surface area contributed by atoms with Gasteiger partial charge in [-0.15, -0.1) is 0 Å². The number of carbonyl (C=O) groups excluding carboxylic acids is 1. The van der Waals surface area contributed by atoms with Crippen molar-refractivity contribution in [2.45, 2.75) is 32.2 Å². The highest BCUT2D eigenvalue weighted by Gasteiger charge is 2.47. The SMILES string of the molecule is CCC1(C(=O)NCC(N)c2ccccc2)CC1. The molecule has 3 nitrogen and oxygen atoms in total. The summed E-state index contributed by atoms with van der Waals surface area (Å²) in [5.74, 6) is 0.173. The van der Waals surface area contributed by atoms with Gasteiger partial charge in [0.05, 0.1) is 0 Å². The molecule has 1 atom stereocenters. The van der Waals surface area contributed by atoms with Crippen LogP contribution in [0, 0.1) is 5.41 Å². The van der Waals surface area contributed by atoms with Crippen molar-refractivity contribution < 1.29 is 4.79 Å². The van der Waals surface area contributed by atoms with Crippen LogP contribution in [0.25, 0.3) is 0 Å². The summed E-state index contributed by atoms with van der Waals surface area (Å²) in [5, 5.41) is 2.97. The second-order valence-corrected chi connectivity index (χ2v) is 4.86. The molecule has 1 aromatic rings. The Balaban J connectivity index is 1.85. The van der Waals surface area contributed by atoms with E-state index in [9.17, 15) is 4.79 Å². The molecule has 3 N–H and O–H groups in total. The standard InChI is InChI=1S/C14H20N2O/c1-2-14(8-9-14)13(17)16-10-12(15)11-6-4-3-5-7-11/h3-7,12H,2,8-10,15H2,1H3,(H,16,17). The number of hydrogen-bond donors (Lipinski definition) is 2. The van der Waals surface area contributed by atoms with Gasteiger partial charge in [0.1, 0.15) is 0 Å². The molecular weight excluding hydrogens is 212 g/mol. The number of amides is 1. The quantitative estimate of drug-likeness (QED) is 0.815. The van der Waals surface area contributed by atoms with Gasteiger partial charge in [-0.1, -0.05) is 37.3 Å². The molecule has 1 saturated carbocycles. The first-order valence-corrected chi connectivity index (χ1v) is 6.27. The molecule has 1 aliphatic carbocycles. The first kappa shape index (κ1) is 12.1. The summed E-state index contributed by atoms with van der Waals surface area (Å²) >= 11 is 0. The van der Waals surface area contributed by atoms with E-state index in [1.807, 2.05) is 30.3 Å². The number of carbonyl (C=O) groups is 1. The third-order valence-corrected chi connectivity index (χ3v) is 3.72. The van der Waals surface area contributed by atoms with E-state index in [1.54, 1.807) is 0 Å². The van der Waals surface area contributed by atoms with Crippen LogP contribution in [0.15, 0.2) is 30.3 Å². The topological polar surface area (TPSA) is 55.1 Å². The van der Waals surface area contributed by atoms with E-state index >= 15 is 0 Å². The Labute approximate surface area is 102 Å². The molecule has 2 rings (SSSR count). The highest BCUT2D eigenvalue weighted by molar-refractivity contribution is 5.85. The molecule has 1 aromatic carbocycles. The van der Waals surface area contributed by atoms with Gasteiger partial charge >= 0.3 is 0 Å². The molecule has 0 bridgehead atoms. The minimum absolute atomic E-state index is 0.0730. The van der Waals surface area contributed by atoms with E-state index in [4.69, 9.17) is 5.73 Å². The zero-order chi connectivity index (χ0) is 12.3. The molecule has 3 heteroatoms. The van der Waals surface area contributed by atoms with Gasteiger partial charge in [-0.25, -0.2) is 0 Å². The van der Waals surface area contributed by atoms with Gasteiger partial charge in [-0.05, 0) is 24.8 Å². The summed E-state index contributed by atoms with van der Waals surface area (Å²) < 4.78 is 0. The Bertz CT molecular complexity index is 384. The monoisotopic (exact) mass is 232 g/mol. The summed E-state index contributed by atoms with van der Waals surface area (Å²) in [5.41, 5.74) is 7.02. The van der Waals surface area contributed by atoms with Crippen LogP contribution < -0.4 is 11.1 Å². The first-order valence-electron chi connectivity index (χ1n) is 6.27. The van der Waals surface area contributed by atoms with Crippen LogP contribution in [0.5, 0.6) is 0 Å². The Morgan fingerprint density at radius 2 is 2.06 bits per heavy atom. The minimum atomic E-state index is -0.118. The maximum Gasteiger partial charge on any atom is 0.226 e. The molecule has 0 spiro atoms. The largest absolute Gasteiger partial charge is 0.354 e. The third kappa shape index (κ3) is 2.67. The summed E-state index contributed by atoms with van der Waals surface area (Å²) in [6.07, 6.45) is 2.98. The molecular formula is C14H20N2O. The second kappa shape index (κ2) is 4.88. The first-order chi connectivity index (χ1) is 8.18. The van der Waals surface area contributed by atoms with Crippen molar-refractivity contribution in [3.63, 3.8) is 0 Å². The zero-order valence-electron chi connectivity index (χ0n) is 10.3. The van der Waals surface area contributed by atoms with Crippen molar-refractivity contribution in [2.75, 3.05) is 6.54 Å². The molecule has 0 heterocycles. The summed E-state index contributed by atoms with van der Waals surface area (Å²) in [7, 11) is 0. The molecule has 0 saturated heterocycles. The van der Waals surface area contributed by atoms with E-state index in [0.29, 0.717) is 6.54 Å². The van der Waals surface area contributed by atoms with Crippen LogP contribution in [0.2, 0.25) is 0 Å².